The summed E-state index contributed by atoms with van der Waals surface area (Å²) in [5, 5.41) is 0. The molecule has 0 radical (unpaired) electrons. The van der Waals surface area contributed by atoms with Crippen molar-refractivity contribution in [2.75, 3.05) is 13.7 Å². The molecular weight excluding hydrogens is 330 g/mol. The van der Waals surface area contributed by atoms with E-state index in [4.69, 9.17) is 4.74 Å². The van der Waals surface area contributed by atoms with Crippen LogP contribution in [-0.2, 0) is 14.3 Å². The van der Waals surface area contributed by atoms with Gasteiger partial charge in [-0.05, 0) is 42.7 Å². The molecule has 2 aromatic rings. The Kier molecular flexibility index (Phi) is 4.64. The van der Waals surface area contributed by atoms with Crippen molar-refractivity contribution in [3.8, 4) is 11.1 Å². The molecule has 0 aromatic heterocycles. The zero-order chi connectivity index (χ0) is 18.9. The number of rotatable bonds is 3. The summed E-state index contributed by atoms with van der Waals surface area (Å²) in [6.07, 6.45) is -0.0211. The van der Waals surface area contributed by atoms with Crippen LogP contribution in [0.15, 0.2) is 48.5 Å². The Morgan fingerprint density at radius 2 is 1.73 bits per heavy atom. The topological polar surface area (TPSA) is 63.7 Å². The number of esters is 1. The van der Waals surface area contributed by atoms with Crippen molar-refractivity contribution in [2.24, 2.45) is 0 Å². The maximum Gasteiger partial charge on any atom is 0.331 e. The van der Waals surface area contributed by atoms with E-state index in [0.717, 1.165) is 16.7 Å². The monoisotopic (exact) mass is 351 g/mol. The average Bonchev–Trinajstić information content (AvgIpc) is 2.96. The van der Waals surface area contributed by atoms with Crippen molar-refractivity contribution in [2.45, 2.75) is 25.8 Å². The van der Waals surface area contributed by atoms with Crippen molar-refractivity contribution in [3.05, 3.63) is 59.7 Å². The zero-order valence-corrected chi connectivity index (χ0v) is 15.1. The van der Waals surface area contributed by atoms with E-state index in [2.05, 4.69) is 0 Å². The van der Waals surface area contributed by atoms with Gasteiger partial charge >= 0.3 is 5.97 Å². The lowest BCUT2D eigenvalue weighted by Gasteiger charge is -2.31. The molecule has 0 aliphatic carbocycles. The van der Waals surface area contributed by atoms with Gasteiger partial charge in [0, 0.05) is 12.0 Å². The van der Waals surface area contributed by atoms with Gasteiger partial charge in [-0.25, -0.2) is 4.79 Å². The average molecular weight is 351 g/mol. The molecule has 134 valence electrons. The fraction of sp³-hybridized carbons (Fsp3) is 0.286. The SMILES string of the molecule is COC(=O)[C@]1(C)CC(=O)CN1C(=O)c1ccc(-c2ccccc2C)cc1. The standard InChI is InChI=1S/C21H21NO4/c1-14-6-4-5-7-18(14)15-8-10-16(11-9-15)19(24)22-13-17(23)12-21(22,2)20(25)26-3/h4-11H,12-13H2,1-3H3/t21-/m0/s1. The number of ether oxygens (including phenoxy) is 1. The van der Waals surface area contributed by atoms with Crippen molar-refractivity contribution in [1.82, 2.24) is 4.90 Å². The number of benzene rings is 2. The van der Waals surface area contributed by atoms with E-state index in [1.54, 1.807) is 19.1 Å². The number of ketones is 1. The highest BCUT2D eigenvalue weighted by Crippen LogP contribution is 2.30. The third-order valence-corrected chi connectivity index (χ3v) is 4.93. The third kappa shape index (κ3) is 3.01. The number of carbonyl (C=O) groups excluding carboxylic acids is 3. The molecule has 1 heterocycles. The van der Waals surface area contributed by atoms with Crippen LogP contribution in [0.2, 0.25) is 0 Å². The lowest BCUT2D eigenvalue weighted by atomic mass is 9.97. The maximum absolute atomic E-state index is 12.9. The van der Waals surface area contributed by atoms with E-state index in [9.17, 15) is 14.4 Å². The summed E-state index contributed by atoms with van der Waals surface area (Å²) in [4.78, 5) is 38.3. The van der Waals surface area contributed by atoms with E-state index in [0.29, 0.717) is 5.56 Å². The Labute approximate surface area is 152 Å². The van der Waals surface area contributed by atoms with Gasteiger partial charge in [-0.3, -0.25) is 9.59 Å². The molecule has 2 aromatic carbocycles. The highest BCUT2D eigenvalue weighted by molar-refractivity contribution is 6.05. The minimum Gasteiger partial charge on any atom is -0.467 e. The number of hydrogen-bond acceptors (Lipinski definition) is 4. The van der Waals surface area contributed by atoms with Gasteiger partial charge < -0.3 is 9.64 Å². The number of methoxy groups -OCH3 is 1. The second-order valence-electron chi connectivity index (χ2n) is 6.76. The first-order chi connectivity index (χ1) is 12.4. The van der Waals surface area contributed by atoms with E-state index < -0.39 is 11.5 Å². The molecule has 5 nitrogen and oxygen atoms in total. The molecule has 0 N–H and O–H groups in total. The molecule has 1 aliphatic heterocycles. The van der Waals surface area contributed by atoms with Crippen LogP contribution >= 0.6 is 0 Å². The molecule has 0 saturated carbocycles. The maximum atomic E-state index is 12.9. The van der Waals surface area contributed by atoms with Crippen LogP contribution in [0.25, 0.3) is 11.1 Å². The van der Waals surface area contributed by atoms with Crippen LogP contribution in [-0.4, -0.2) is 41.8 Å². The molecule has 5 heteroatoms. The summed E-state index contributed by atoms with van der Waals surface area (Å²) < 4.78 is 4.81. The Morgan fingerprint density at radius 3 is 2.35 bits per heavy atom. The Hall–Kier alpha value is -2.95. The quantitative estimate of drug-likeness (QED) is 0.798. The van der Waals surface area contributed by atoms with Gasteiger partial charge in [-0.2, -0.15) is 0 Å². The van der Waals surface area contributed by atoms with Gasteiger partial charge in [0.15, 0.2) is 5.78 Å². The number of hydrogen-bond donors (Lipinski definition) is 0. The van der Waals surface area contributed by atoms with Crippen LogP contribution in [0.3, 0.4) is 0 Å². The Morgan fingerprint density at radius 1 is 1.08 bits per heavy atom. The third-order valence-electron chi connectivity index (χ3n) is 4.93. The lowest BCUT2D eigenvalue weighted by molar-refractivity contribution is -0.151. The Bertz CT molecular complexity index is 872. The molecule has 0 bridgehead atoms. The highest BCUT2D eigenvalue weighted by Gasteiger charge is 2.50. The predicted molar refractivity (Wildman–Crippen MR) is 97.7 cm³/mol. The molecule has 1 saturated heterocycles. The van der Waals surface area contributed by atoms with Crippen LogP contribution in [0, 0.1) is 6.92 Å². The predicted octanol–water partition coefficient (Wildman–Crippen LogP) is 3.01. The molecular formula is C21H21NO4. The highest BCUT2D eigenvalue weighted by atomic mass is 16.5. The van der Waals surface area contributed by atoms with E-state index in [-0.39, 0.29) is 24.7 Å². The lowest BCUT2D eigenvalue weighted by Crippen LogP contribution is -2.51. The van der Waals surface area contributed by atoms with Crippen LogP contribution < -0.4 is 0 Å². The minimum absolute atomic E-state index is 0.0211. The fourth-order valence-electron chi connectivity index (χ4n) is 3.43. The number of aryl methyl sites for hydroxylation is 1. The molecule has 1 fully saturated rings. The summed E-state index contributed by atoms with van der Waals surface area (Å²) in [5.41, 5.74) is 2.44. The number of likely N-dealkylation sites (tertiary alicyclic amines) is 1. The molecule has 26 heavy (non-hydrogen) atoms. The number of carbonyl (C=O) groups is 3. The summed E-state index contributed by atoms with van der Waals surface area (Å²) in [6.45, 7) is 3.53. The molecule has 3 rings (SSSR count). The van der Waals surface area contributed by atoms with Crippen LogP contribution in [0.4, 0.5) is 0 Å². The van der Waals surface area contributed by atoms with Gasteiger partial charge in [0.05, 0.1) is 13.7 Å². The van der Waals surface area contributed by atoms with Crippen molar-refractivity contribution < 1.29 is 19.1 Å². The summed E-state index contributed by atoms with van der Waals surface area (Å²) >= 11 is 0. The first kappa shape index (κ1) is 17.9. The van der Waals surface area contributed by atoms with Gasteiger partial charge in [0.2, 0.25) is 0 Å². The zero-order valence-electron chi connectivity index (χ0n) is 15.1. The van der Waals surface area contributed by atoms with E-state index in [1.165, 1.54) is 12.0 Å². The van der Waals surface area contributed by atoms with Crippen molar-refractivity contribution in [3.63, 3.8) is 0 Å². The summed E-state index contributed by atoms with van der Waals surface area (Å²) in [6, 6.07) is 15.2. The van der Waals surface area contributed by atoms with E-state index >= 15 is 0 Å². The molecule has 0 unspecified atom stereocenters. The number of Topliss-reactive ketones (excluding diaryl/α,β-unsaturated/α-hetero) is 1. The van der Waals surface area contributed by atoms with Gasteiger partial charge in [-0.15, -0.1) is 0 Å². The van der Waals surface area contributed by atoms with Gasteiger partial charge in [-0.1, -0.05) is 36.4 Å². The Balaban J connectivity index is 1.89. The van der Waals surface area contributed by atoms with Gasteiger partial charge in [0.1, 0.15) is 5.54 Å². The smallest absolute Gasteiger partial charge is 0.331 e. The van der Waals surface area contributed by atoms with Crippen molar-refractivity contribution >= 4 is 17.7 Å². The molecule has 1 aliphatic rings. The number of amides is 1. The first-order valence-electron chi connectivity index (χ1n) is 8.45. The van der Waals surface area contributed by atoms with Crippen molar-refractivity contribution in [1.29, 1.82) is 0 Å². The summed E-state index contributed by atoms with van der Waals surface area (Å²) in [7, 11) is 1.26. The molecule has 1 atom stereocenters. The largest absolute Gasteiger partial charge is 0.467 e. The van der Waals surface area contributed by atoms with Crippen LogP contribution in [0.1, 0.15) is 29.3 Å². The molecule has 0 spiro atoms. The fourth-order valence-corrected chi connectivity index (χ4v) is 3.43. The normalized spacial score (nSPS) is 19.5. The van der Waals surface area contributed by atoms with Crippen LogP contribution in [0.5, 0.6) is 0 Å². The second-order valence-corrected chi connectivity index (χ2v) is 6.76. The van der Waals surface area contributed by atoms with Gasteiger partial charge in [0.25, 0.3) is 5.91 Å². The minimum atomic E-state index is -1.25. The van der Waals surface area contributed by atoms with E-state index in [1.807, 2.05) is 43.3 Å². The molecule has 1 amide bonds. The summed E-state index contributed by atoms with van der Waals surface area (Å²) in [5.74, 6) is -1.07. The second kappa shape index (κ2) is 6.75. The number of nitrogens with zero attached hydrogens (tertiary/aromatic N) is 1. The first-order valence-corrected chi connectivity index (χ1v) is 8.45.